The van der Waals surface area contributed by atoms with Crippen molar-refractivity contribution in [1.29, 1.82) is 0 Å². The molecule has 10 heteroatoms. The average Bonchev–Trinajstić information content (AvgIpc) is 3.54. The number of thiazole rings is 1. The van der Waals surface area contributed by atoms with Crippen molar-refractivity contribution in [3.63, 3.8) is 0 Å². The van der Waals surface area contributed by atoms with Crippen LogP contribution < -0.4 is 20.7 Å². The Balaban J connectivity index is 1.19. The van der Waals surface area contributed by atoms with Crippen molar-refractivity contribution in [3.8, 4) is 17.0 Å². The van der Waals surface area contributed by atoms with Gasteiger partial charge in [0.1, 0.15) is 11.4 Å². The minimum absolute atomic E-state index is 0.107. The highest BCUT2D eigenvalue weighted by Gasteiger charge is 2.18. The number of nitrogens with zero attached hydrogens (tertiary/aromatic N) is 1. The highest BCUT2D eigenvalue weighted by molar-refractivity contribution is 8.00. The molecule has 3 amide bonds. The molecule has 0 fully saturated rings. The smallest absolute Gasteiger partial charge is 0.272 e. The molecule has 1 atom stereocenters. The standard InChI is InChI=1S/C35H30N4O4S2/c1-23(32(40)39-35-38-31(22-44-35)26-14-9-15-28(21-26)43-2)45-29-18-16-27(17-19-29)36-34(42)30(20-24-10-5-3-6-11-24)37-33(41)25-12-7-4-8-13-25/h3-23H,1-2H3,(H,36,42)(H,37,41)(H,38,39,40)/b30-20-. The predicted octanol–water partition coefficient (Wildman–Crippen LogP) is 7.35. The number of amides is 3. The highest BCUT2D eigenvalue weighted by Crippen LogP contribution is 2.29. The van der Waals surface area contributed by atoms with Crippen molar-refractivity contribution >= 4 is 57.7 Å². The van der Waals surface area contributed by atoms with Gasteiger partial charge in [0.15, 0.2) is 5.13 Å². The number of anilines is 2. The van der Waals surface area contributed by atoms with Crippen LogP contribution in [0.25, 0.3) is 17.3 Å². The molecule has 0 aliphatic heterocycles. The van der Waals surface area contributed by atoms with Crippen molar-refractivity contribution in [2.45, 2.75) is 17.1 Å². The summed E-state index contributed by atoms with van der Waals surface area (Å²) in [4.78, 5) is 44.4. The average molecular weight is 635 g/mol. The number of rotatable bonds is 11. The van der Waals surface area contributed by atoms with Crippen LogP contribution in [0.15, 0.2) is 125 Å². The normalized spacial score (nSPS) is 11.7. The molecular weight excluding hydrogens is 605 g/mol. The van der Waals surface area contributed by atoms with Crippen LogP contribution in [-0.4, -0.2) is 35.1 Å². The van der Waals surface area contributed by atoms with Gasteiger partial charge in [-0.05, 0) is 67.1 Å². The van der Waals surface area contributed by atoms with Crippen molar-refractivity contribution in [1.82, 2.24) is 10.3 Å². The van der Waals surface area contributed by atoms with Crippen molar-refractivity contribution < 1.29 is 19.1 Å². The first-order valence-electron chi connectivity index (χ1n) is 14.0. The van der Waals surface area contributed by atoms with Gasteiger partial charge in [-0.3, -0.25) is 14.4 Å². The Bertz CT molecular complexity index is 1810. The number of hydrogen-bond acceptors (Lipinski definition) is 7. The number of thioether (sulfide) groups is 1. The van der Waals surface area contributed by atoms with Gasteiger partial charge in [0.2, 0.25) is 5.91 Å². The summed E-state index contributed by atoms with van der Waals surface area (Å²) in [5.74, 6) is -0.288. The number of nitrogens with one attached hydrogen (secondary N) is 3. The van der Waals surface area contributed by atoms with Gasteiger partial charge < -0.3 is 20.7 Å². The number of hydrogen-bond donors (Lipinski definition) is 3. The molecule has 1 aromatic heterocycles. The molecule has 5 aromatic rings. The van der Waals surface area contributed by atoms with Crippen LogP contribution in [0.4, 0.5) is 10.8 Å². The molecule has 226 valence electrons. The van der Waals surface area contributed by atoms with E-state index in [9.17, 15) is 14.4 Å². The second kappa shape index (κ2) is 15.0. The monoisotopic (exact) mass is 634 g/mol. The molecular formula is C35H30N4O4S2. The molecule has 0 saturated heterocycles. The molecule has 0 saturated carbocycles. The number of carbonyl (C=O) groups is 3. The number of ether oxygens (including phenoxy) is 1. The number of aromatic nitrogens is 1. The van der Waals surface area contributed by atoms with Gasteiger partial charge in [-0.15, -0.1) is 23.1 Å². The Morgan fingerprint density at radius 2 is 1.58 bits per heavy atom. The van der Waals surface area contributed by atoms with E-state index in [1.807, 2.05) is 85.1 Å². The van der Waals surface area contributed by atoms with Crippen LogP contribution in [0.3, 0.4) is 0 Å². The lowest BCUT2D eigenvalue weighted by Gasteiger charge is -2.13. The molecule has 1 heterocycles. The van der Waals surface area contributed by atoms with E-state index in [0.29, 0.717) is 16.4 Å². The van der Waals surface area contributed by atoms with Gasteiger partial charge in [0.05, 0.1) is 18.1 Å². The molecule has 5 rings (SSSR count). The van der Waals surface area contributed by atoms with E-state index in [1.54, 1.807) is 49.6 Å². The predicted molar refractivity (Wildman–Crippen MR) is 181 cm³/mol. The maximum Gasteiger partial charge on any atom is 0.272 e. The summed E-state index contributed by atoms with van der Waals surface area (Å²) in [7, 11) is 1.61. The van der Waals surface area contributed by atoms with Gasteiger partial charge in [0, 0.05) is 27.1 Å². The lowest BCUT2D eigenvalue weighted by Crippen LogP contribution is -2.30. The van der Waals surface area contributed by atoms with Gasteiger partial charge >= 0.3 is 0 Å². The minimum atomic E-state index is -0.465. The van der Waals surface area contributed by atoms with Crippen LogP contribution in [-0.2, 0) is 9.59 Å². The quantitative estimate of drug-likeness (QED) is 0.104. The summed E-state index contributed by atoms with van der Waals surface area (Å²) in [6.07, 6.45) is 1.63. The molecule has 4 aromatic carbocycles. The zero-order chi connectivity index (χ0) is 31.6. The highest BCUT2D eigenvalue weighted by atomic mass is 32.2. The van der Waals surface area contributed by atoms with E-state index < -0.39 is 11.2 Å². The lowest BCUT2D eigenvalue weighted by molar-refractivity contribution is -0.115. The summed E-state index contributed by atoms with van der Waals surface area (Å²) in [5.41, 5.74) is 3.52. The van der Waals surface area contributed by atoms with Crippen LogP contribution in [0, 0.1) is 0 Å². The van der Waals surface area contributed by atoms with Gasteiger partial charge in [0.25, 0.3) is 11.8 Å². The Morgan fingerprint density at radius 1 is 0.867 bits per heavy atom. The molecule has 0 aliphatic rings. The summed E-state index contributed by atoms with van der Waals surface area (Å²) < 4.78 is 5.29. The van der Waals surface area contributed by atoms with Crippen molar-refractivity contribution in [3.05, 3.63) is 131 Å². The Kier molecular flexibility index (Phi) is 10.4. The topological polar surface area (TPSA) is 109 Å². The van der Waals surface area contributed by atoms with Crippen LogP contribution in [0.2, 0.25) is 0 Å². The first-order chi connectivity index (χ1) is 21.9. The summed E-state index contributed by atoms with van der Waals surface area (Å²) >= 11 is 2.75. The fraction of sp³-hybridized carbons (Fsp3) is 0.0857. The van der Waals surface area contributed by atoms with E-state index in [2.05, 4.69) is 20.9 Å². The first kappa shape index (κ1) is 31.2. The fourth-order valence-corrected chi connectivity index (χ4v) is 5.77. The van der Waals surface area contributed by atoms with Crippen LogP contribution in [0.1, 0.15) is 22.8 Å². The zero-order valence-corrected chi connectivity index (χ0v) is 26.2. The summed E-state index contributed by atoms with van der Waals surface area (Å²) in [5, 5.41) is 10.5. The molecule has 3 N–H and O–H groups in total. The molecule has 0 aliphatic carbocycles. The summed E-state index contributed by atoms with van der Waals surface area (Å²) in [6, 6.07) is 32.8. The lowest BCUT2D eigenvalue weighted by atomic mass is 10.1. The SMILES string of the molecule is COc1cccc(-c2csc(NC(=O)C(C)Sc3ccc(NC(=O)/C(=C/c4ccccc4)NC(=O)c4ccccc4)cc3)n2)c1. The zero-order valence-electron chi connectivity index (χ0n) is 24.5. The number of benzene rings is 4. The first-order valence-corrected chi connectivity index (χ1v) is 15.8. The van der Waals surface area contributed by atoms with Crippen molar-refractivity contribution in [2.24, 2.45) is 0 Å². The van der Waals surface area contributed by atoms with Crippen molar-refractivity contribution in [2.75, 3.05) is 17.7 Å². The summed E-state index contributed by atoms with van der Waals surface area (Å²) in [6.45, 7) is 1.82. The van der Waals surface area contributed by atoms with E-state index in [0.717, 1.165) is 27.5 Å². The van der Waals surface area contributed by atoms with E-state index in [-0.39, 0.29) is 17.5 Å². The second-order valence-corrected chi connectivity index (χ2v) is 12.1. The van der Waals surface area contributed by atoms with Crippen LogP contribution in [0.5, 0.6) is 5.75 Å². The second-order valence-electron chi connectivity index (χ2n) is 9.79. The third-order valence-corrected chi connectivity index (χ3v) is 8.40. The molecule has 0 radical (unpaired) electrons. The van der Waals surface area contributed by atoms with E-state index >= 15 is 0 Å². The Morgan fingerprint density at radius 3 is 2.29 bits per heavy atom. The molecule has 0 spiro atoms. The van der Waals surface area contributed by atoms with Gasteiger partial charge in [-0.25, -0.2) is 4.98 Å². The van der Waals surface area contributed by atoms with Crippen LogP contribution >= 0.6 is 23.1 Å². The van der Waals surface area contributed by atoms with Gasteiger partial charge in [-0.1, -0.05) is 60.7 Å². The Labute approximate surface area is 269 Å². The fourth-order valence-electron chi connectivity index (χ4n) is 4.18. The maximum atomic E-state index is 13.3. The number of methoxy groups -OCH3 is 1. The third kappa shape index (κ3) is 8.69. The van der Waals surface area contributed by atoms with E-state index in [4.69, 9.17) is 4.74 Å². The van der Waals surface area contributed by atoms with E-state index in [1.165, 1.54) is 23.1 Å². The third-order valence-electron chi connectivity index (χ3n) is 6.53. The van der Waals surface area contributed by atoms with Gasteiger partial charge in [-0.2, -0.15) is 0 Å². The molecule has 0 bridgehead atoms. The molecule has 8 nitrogen and oxygen atoms in total. The Hall–Kier alpha value is -5.19. The molecule has 45 heavy (non-hydrogen) atoms. The largest absolute Gasteiger partial charge is 0.497 e. The maximum absolute atomic E-state index is 13.3. The minimum Gasteiger partial charge on any atom is -0.497 e. The number of carbonyl (C=O) groups excluding carboxylic acids is 3. The molecule has 1 unspecified atom stereocenters.